The van der Waals surface area contributed by atoms with Gasteiger partial charge in [-0.15, -0.1) is 0 Å². The number of hydrogen-bond acceptors (Lipinski definition) is 4. The molecule has 0 aliphatic carbocycles. The Morgan fingerprint density at radius 2 is 2.38 bits per heavy atom. The Morgan fingerprint density at radius 1 is 1.69 bits per heavy atom. The molecular weight excluding hydrogens is 208 g/mol. The van der Waals surface area contributed by atoms with E-state index in [1.165, 1.54) is 4.68 Å². The predicted molar refractivity (Wildman–Crippen MR) is 61.0 cm³/mol. The zero-order valence-electron chi connectivity index (χ0n) is 9.86. The van der Waals surface area contributed by atoms with E-state index in [9.17, 15) is 4.79 Å². The topological polar surface area (TPSA) is 82.2 Å². The molecule has 0 aliphatic heterocycles. The highest BCUT2D eigenvalue weighted by Crippen LogP contribution is 2.06. The Morgan fingerprint density at radius 3 is 2.88 bits per heavy atom. The molecule has 1 amide bonds. The van der Waals surface area contributed by atoms with Gasteiger partial charge in [-0.3, -0.25) is 9.48 Å². The molecule has 90 valence electrons. The Bertz CT molecular complexity index is 360. The highest BCUT2D eigenvalue weighted by molar-refractivity contribution is 5.96. The third-order valence-corrected chi connectivity index (χ3v) is 1.91. The summed E-state index contributed by atoms with van der Waals surface area (Å²) in [6.07, 6.45) is 1.76. The normalized spacial score (nSPS) is 10.8. The van der Waals surface area contributed by atoms with E-state index < -0.39 is 0 Å². The Kier molecular flexibility index (Phi) is 4.30. The number of aryl methyl sites for hydroxylation is 1. The quantitative estimate of drug-likeness (QED) is 0.700. The van der Waals surface area contributed by atoms with Crippen molar-refractivity contribution in [3.05, 3.63) is 11.9 Å². The van der Waals surface area contributed by atoms with E-state index in [1.807, 2.05) is 13.8 Å². The van der Waals surface area contributed by atoms with Gasteiger partial charge in [0.05, 0.1) is 18.4 Å². The third-order valence-electron chi connectivity index (χ3n) is 1.91. The van der Waals surface area contributed by atoms with Crippen LogP contribution in [0.25, 0.3) is 0 Å². The van der Waals surface area contributed by atoms with Crippen molar-refractivity contribution < 1.29 is 9.53 Å². The summed E-state index contributed by atoms with van der Waals surface area (Å²) < 4.78 is 6.80. The average molecular weight is 226 g/mol. The number of aromatic nitrogens is 2. The molecule has 1 heterocycles. The molecule has 0 aromatic carbocycles. The van der Waals surface area contributed by atoms with Crippen molar-refractivity contribution in [2.75, 3.05) is 18.9 Å². The van der Waals surface area contributed by atoms with Crippen LogP contribution in [0.3, 0.4) is 0 Å². The summed E-state index contributed by atoms with van der Waals surface area (Å²) in [7, 11) is 1.72. The van der Waals surface area contributed by atoms with Crippen molar-refractivity contribution in [3.63, 3.8) is 0 Å². The van der Waals surface area contributed by atoms with Crippen LogP contribution in [-0.4, -0.2) is 34.9 Å². The minimum atomic E-state index is -0.273. The molecule has 0 fully saturated rings. The number of rotatable bonds is 5. The lowest BCUT2D eigenvalue weighted by Gasteiger charge is -2.07. The van der Waals surface area contributed by atoms with Crippen LogP contribution in [0.4, 0.5) is 5.69 Å². The van der Waals surface area contributed by atoms with Gasteiger partial charge in [0.1, 0.15) is 0 Å². The minimum absolute atomic E-state index is 0.164. The second-order valence-corrected chi connectivity index (χ2v) is 3.78. The lowest BCUT2D eigenvalue weighted by Crippen LogP contribution is -2.29. The zero-order valence-corrected chi connectivity index (χ0v) is 9.86. The standard InChI is InChI=1S/C10H18N4O2/c1-7(2)16-5-4-12-10(15)9-8(11)6-14(3)13-9/h6-7H,4-5,11H2,1-3H3,(H,12,15). The molecule has 0 saturated carbocycles. The summed E-state index contributed by atoms with van der Waals surface area (Å²) in [5.41, 5.74) is 6.26. The van der Waals surface area contributed by atoms with Gasteiger partial charge in [0, 0.05) is 19.8 Å². The summed E-state index contributed by atoms with van der Waals surface area (Å²) in [6.45, 7) is 4.82. The number of nitrogens with zero attached hydrogens (tertiary/aromatic N) is 2. The van der Waals surface area contributed by atoms with Gasteiger partial charge in [-0.2, -0.15) is 5.10 Å². The van der Waals surface area contributed by atoms with E-state index in [4.69, 9.17) is 10.5 Å². The molecular formula is C10H18N4O2. The molecule has 0 atom stereocenters. The van der Waals surface area contributed by atoms with E-state index in [0.29, 0.717) is 18.8 Å². The molecule has 0 radical (unpaired) electrons. The van der Waals surface area contributed by atoms with E-state index in [1.54, 1.807) is 13.2 Å². The van der Waals surface area contributed by atoms with Crippen molar-refractivity contribution in [3.8, 4) is 0 Å². The number of carbonyl (C=O) groups excluding carboxylic acids is 1. The first-order chi connectivity index (χ1) is 7.50. The molecule has 0 unspecified atom stereocenters. The van der Waals surface area contributed by atoms with Crippen molar-refractivity contribution in [1.29, 1.82) is 0 Å². The SMILES string of the molecule is CC(C)OCCNC(=O)c1nn(C)cc1N. The van der Waals surface area contributed by atoms with Gasteiger partial charge < -0.3 is 15.8 Å². The van der Waals surface area contributed by atoms with Crippen LogP contribution in [0.2, 0.25) is 0 Å². The molecule has 6 heteroatoms. The summed E-state index contributed by atoms with van der Waals surface area (Å²) in [5.74, 6) is -0.273. The number of nitrogens with one attached hydrogen (secondary N) is 1. The number of hydrogen-bond donors (Lipinski definition) is 2. The number of carbonyl (C=O) groups is 1. The summed E-state index contributed by atoms with van der Waals surface area (Å²) >= 11 is 0. The second-order valence-electron chi connectivity index (χ2n) is 3.78. The Labute approximate surface area is 94.8 Å². The van der Waals surface area contributed by atoms with Crippen LogP contribution in [0, 0.1) is 0 Å². The van der Waals surface area contributed by atoms with Gasteiger partial charge in [0.2, 0.25) is 0 Å². The largest absolute Gasteiger partial charge is 0.396 e. The lowest BCUT2D eigenvalue weighted by molar-refractivity contribution is 0.0745. The van der Waals surface area contributed by atoms with E-state index in [2.05, 4.69) is 10.4 Å². The van der Waals surface area contributed by atoms with Crippen LogP contribution in [-0.2, 0) is 11.8 Å². The molecule has 1 rings (SSSR count). The van der Waals surface area contributed by atoms with Crippen LogP contribution < -0.4 is 11.1 Å². The summed E-state index contributed by atoms with van der Waals surface area (Å²) in [4.78, 5) is 11.6. The molecule has 16 heavy (non-hydrogen) atoms. The molecule has 0 aliphatic rings. The number of ether oxygens (including phenoxy) is 1. The fourth-order valence-electron chi connectivity index (χ4n) is 1.23. The van der Waals surface area contributed by atoms with Crippen LogP contribution in [0.5, 0.6) is 0 Å². The highest BCUT2D eigenvalue weighted by Gasteiger charge is 2.12. The third kappa shape index (κ3) is 3.54. The van der Waals surface area contributed by atoms with Crippen LogP contribution >= 0.6 is 0 Å². The summed E-state index contributed by atoms with van der Waals surface area (Å²) in [5, 5.41) is 6.65. The number of nitrogens with two attached hydrogens (primary N) is 1. The van der Waals surface area contributed by atoms with Crippen molar-refractivity contribution >= 4 is 11.6 Å². The molecule has 1 aromatic rings. The van der Waals surface area contributed by atoms with Gasteiger partial charge in [-0.1, -0.05) is 0 Å². The molecule has 6 nitrogen and oxygen atoms in total. The fraction of sp³-hybridized carbons (Fsp3) is 0.600. The smallest absolute Gasteiger partial charge is 0.274 e. The van der Waals surface area contributed by atoms with Gasteiger partial charge in [0.25, 0.3) is 5.91 Å². The highest BCUT2D eigenvalue weighted by atomic mass is 16.5. The molecule has 0 bridgehead atoms. The maximum Gasteiger partial charge on any atom is 0.274 e. The van der Waals surface area contributed by atoms with Crippen molar-refractivity contribution in [1.82, 2.24) is 15.1 Å². The van der Waals surface area contributed by atoms with Crippen molar-refractivity contribution in [2.45, 2.75) is 20.0 Å². The molecule has 0 spiro atoms. The zero-order chi connectivity index (χ0) is 12.1. The van der Waals surface area contributed by atoms with E-state index in [0.717, 1.165) is 0 Å². The van der Waals surface area contributed by atoms with Crippen molar-refractivity contribution in [2.24, 2.45) is 7.05 Å². The summed E-state index contributed by atoms with van der Waals surface area (Å²) in [6, 6.07) is 0. The Hall–Kier alpha value is -1.56. The lowest BCUT2D eigenvalue weighted by atomic mass is 10.3. The maximum absolute atomic E-state index is 11.6. The average Bonchev–Trinajstić information content (AvgIpc) is 2.52. The maximum atomic E-state index is 11.6. The van der Waals surface area contributed by atoms with Gasteiger partial charge in [-0.25, -0.2) is 0 Å². The fourth-order valence-corrected chi connectivity index (χ4v) is 1.23. The van der Waals surface area contributed by atoms with Gasteiger partial charge in [-0.05, 0) is 13.8 Å². The van der Waals surface area contributed by atoms with Crippen LogP contribution in [0.1, 0.15) is 24.3 Å². The second kappa shape index (κ2) is 5.50. The molecule has 1 aromatic heterocycles. The Balaban J connectivity index is 2.38. The minimum Gasteiger partial charge on any atom is -0.396 e. The van der Waals surface area contributed by atoms with E-state index >= 15 is 0 Å². The number of anilines is 1. The monoisotopic (exact) mass is 226 g/mol. The van der Waals surface area contributed by atoms with Gasteiger partial charge >= 0.3 is 0 Å². The van der Waals surface area contributed by atoms with Gasteiger partial charge in [0.15, 0.2) is 5.69 Å². The first kappa shape index (κ1) is 12.5. The first-order valence-corrected chi connectivity index (χ1v) is 5.19. The molecule has 0 saturated heterocycles. The number of amides is 1. The van der Waals surface area contributed by atoms with Crippen LogP contribution in [0.15, 0.2) is 6.20 Å². The predicted octanol–water partition coefficient (Wildman–Crippen LogP) is 0.157. The first-order valence-electron chi connectivity index (χ1n) is 5.19. The number of nitrogen functional groups attached to an aromatic ring is 1. The molecule has 3 N–H and O–H groups in total. The van der Waals surface area contributed by atoms with E-state index in [-0.39, 0.29) is 17.7 Å².